The first-order valence-corrected chi connectivity index (χ1v) is 8.04. The average Bonchev–Trinajstić information content (AvgIpc) is 2.25. The number of aliphatic hydroxyl groups is 1. The fourth-order valence-corrected chi connectivity index (χ4v) is 3.19. The minimum atomic E-state index is -0.203. The fourth-order valence-electron chi connectivity index (χ4n) is 2.32. The average molecular weight is 274 g/mol. The molecule has 0 aromatic rings. The summed E-state index contributed by atoms with van der Waals surface area (Å²) >= 11 is 1.67. The summed E-state index contributed by atoms with van der Waals surface area (Å²) in [6, 6.07) is 0. The van der Waals surface area contributed by atoms with E-state index in [0.717, 1.165) is 39.1 Å². The monoisotopic (exact) mass is 274 g/mol. The third-order valence-corrected chi connectivity index (χ3v) is 4.54. The van der Waals surface area contributed by atoms with E-state index in [1.54, 1.807) is 11.8 Å². The van der Waals surface area contributed by atoms with Gasteiger partial charge in [0.2, 0.25) is 0 Å². The molecule has 18 heavy (non-hydrogen) atoms. The van der Waals surface area contributed by atoms with Crippen LogP contribution >= 0.6 is 11.8 Å². The predicted molar refractivity (Wildman–Crippen MR) is 81.1 cm³/mol. The second-order valence-corrected chi connectivity index (χ2v) is 8.19. The summed E-state index contributed by atoms with van der Waals surface area (Å²) in [6.45, 7) is 16.7. The van der Waals surface area contributed by atoms with E-state index in [-0.39, 0.29) is 5.44 Å². The zero-order valence-corrected chi connectivity index (χ0v) is 13.5. The molecule has 1 N–H and O–H groups in total. The second kappa shape index (κ2) is 7.13. The Morgan fingerprint density at radius 1 is 1.11 bits per heavy atom. The largest absolute Gasteiger partial charge is 0.382 e. The van der Waals surface area contributed by atoms with Crippen LogP contribution in [0.4, 0.5) is 0 Å². The smallest absolute Gasteiger partial charge is 0.101 e. The molecule has 0 aromatic heterocycles. The molecule has 0 bridgehead atoms. The zero-order chi connectivity index (χ0) is 13.8. The molecule has 0 saturated carbocycles. The van der Waals surface area contributed by atoms with E-state index in [4.69, 9.17) is 0 Å². The van der Waals surface area contributed by atoms with Crippen LogP contribution in [0, 0.1) is 0 Å². The number of hydrogen-bond acceptors (Lipinski definition) is 4. The molecule has 1 aliphatic rings. The Kier molecular flexibility index (Phi) is 6.45. The molecule has 1 atom stereocenters. The highest BCUT2D eigenvalue weighted by molar-refractivity contribution is 8.00. The quantitative estimate of drug-likeness (QED) is 0.778. The minimum Gasteiger partial charge on any atom is -0.382 e. The van der Waals surface area contributed by atoms with Gasteiger partial charge in [0.25, 0.3) is 0 Å². The summed E-state index contributed by atoms with van der Waals surface area (Å²) in [5.41, 5.74) is 0.0877. The van der Waals surface area contributed by atoms with Gasteiger partial charge in [0.15, 0.2) is 0 Å². The Bertz CT molecular complexity index is 232. The lowest BCUT2D eigenvalue weighted by Crippen LogP contribution is -2.53. The molecule has 108 valence electrons. The van der Waals surface area contributed by atoms with Crippen molar-refractivity contribution < 1.29 is 5.11 Å². The van der Waals surface area contributed by atoms with Crippen LogP contribution in [0.1, 0.15) is 41.0 Å². The standard InChI is InChI=1S/C14H30N2OS/c1-12(2)18-13(17)6-7-15-8-10-16(11-9-15)14(3,4)5/h12-13,17H,6-11H2,1-5H3/t13-/m1/s1. The summed E-state index contributed by atoms with van der Waals surface area (Å²) in [7, 11) is 0. The maximum absolute atomic E-state index is 9.86. The van der Waals surface area contributed by atoms with Gasteiger partial charge in [0.1, 0.15) is 5.44 Å². The molecule has 0 aromatic carbocycles. The van der Waals surface area contributed by atoms with Crippen LogP contribution in [0.3, 0.4) is 0 Å². The number of nitrogens with zero attached hydrogens (tertiary/aromatic N) is 2. The zero-order valence-electron chi connectivity index (χ0n) is 12.6. The van der Waals surface area contributed by atoms with Crippen LogP contribution < -0.4 is 0 Å². The van der Waals surface area contributed by atoms with Crippen molar-refractivity contribution in [2.75, 3.05) is 32.7 Å². The molecule has 1 rings (SSSR count). The van der Waals surface area contributed by atoms with Crippen LogP contribution in [0.15, 0.2) is 0 Å². The summed E-state index contributed by atoms with van der Waals surface area (Å²) in [5, 5.41) is 10.4. The number of thioether (sulfide) groups is 1. The molecule has 1 saturated heterocycles. The van der Waals surface area contributed by atoms with Crippen molar-refractivity contribution in [3.05, 3.63) is 0 Å². The van der Waals surface area contributed by atoms with Gasteiger partial charge in [-0.1, -0.05) is 13.8 Å². The van der Waals surface area contributed by atoms with Crippen molar-refractivity contribution in [1.29, 1.82) is 0 Å². The van der Waals surface area contributed by atoms with Crippen molar-refractivity contribution in [2.24, 2.45) is 0 Å². The number of hydrogen-bond donors (Lipinski definition) is 1. The van der Waals surface area contributed by atoms with Gasteiger partial charge in [-0.05, 0) is 27.2 Å². The maximum Gasteiger partial charge on any atom is 0.101 e. The fraction of sp³-hybridized carbons (Fsp3) is 1.00. The number of aliphatic hydroxyl groups excluding tert-OH is 1. The minimum absolute atomic E-state index is 0.203. The van der Waals surface area contributed by atoms with E-state index in [1.165, 1.54) is 0 Å². The first-order valence-electron chi connectivity index (χ1n) is 7.10. The second-order valence-electron chi connectivity index (χ2n) is 6.43. The SMILES string of the molecule is CC(C)S[C@@H](O)CCN1CCN(C(C)(C)C)CC1. The van der Waals surface area contributed by atoms with E-state index in [9.17, 15) is 5.11 Å². The number of rotatable bonds is 5. The molecule has 0 amide bonds. The summed E-state index contributed by atoms with van der Waals surface area (Å²) < 4.78 is 0. The van der Waals surface area contributed by atoms with E-state index in [0.29, 0.717) is 10.8 Å². The first-order chi connectivity index (χ1) is 8.29. The van der Waals surface area contributed by atoms with Crippen LogP contribution in [0.2, 0.25) is 0 Å². The lowest BCUT2D eigenvalue weighted by atomic mass is 10.0. The topological polar surface area (TPSA) is 26.7 Å². The van der Waals surface area contributed by atoms with E-state index >= 15 is 0 Å². The lowest BCUT2D eigenvalue weighted by Gasteiger charge is -2.42. The van der Waals surface area contributed by atoms with Gasteiger partial charge in [-0.2, -0.15) is 0 Å². The van der Waals surface area contributed by atoms with Crippen LogP contribution in [0.25, 0.3) is 0 Å². The Hall–Kier alpha value is 0.230. The van der Waals surface area contributed by atoms with E-state index in [1.807, 2.05) is 0 Å². The predicted octanol–water partition coefficient (Wildman–Crippen LogP) is 2.25. The molecular weight excluding hydrogens is 244 g/mol. The van der Waals surface area contributed by atoms with Crippen molar-refractivity contribution >= 4 is 11.8 Å². The van der Waals surface area contributed by atoms with Crippen molar-refractivity contribution in [3.63, 3.8) is 0 Å². The molecule has 1 aliphatic heterocycles. The molecule has 0 aliphatic carbocycles. The van der Waals surface area contributed by atoms with E-state index < -0.39 is 0 Å². The van der Waals surface area contributed by atoms with Crippen LogP contribution in [-0.4, -0.2) is 63.9 Å². The molecule has 1 heterocycles. The summed E-state index contributed by atoms with van der Waals surface area (Å²) in [6.07, 6.45) is 0.887. The van der Waals surface area contributed by atoms with Gasteiger partial charge in [-0.3, -0.25) is 4.90 Å². The van der Waals surface area contributed by atoms with Gasteiger partial charge in [-0.15, -0.1) is 11.8 Å². The Labute approximate surface area is 117 Å². The van der Waals surface area contributed by atoms with Gasteiger partial charge < -0.3 is 10.0 Å². The molecule has 0 spiro atoms. The third-order valence-electron chi connectivity index (χ3n) is 3.44. The third kappa shape index (κ3) is 5.91. The molecule has 0 unspecified atom stereocenters. The van der Waals surface area contributed by atoms with Gasteiger partial charge in [-0.25, -0.2) is 0 Å². The normalized spacial score (nSPS) is 21.5. The Balaban J connectivity index is 2.20. The van der Waals surface area contributed by atoms with Gasteiger partial charge in [0, 0.05) is 43.5 Å². The van der Waals surface area contributed by atoms with Crippen molar-refractivity contribution in [2.45, 2.75) is 57.3 Å². The van der Waals surface area contributed by atoms with Crippen molar-refractivity contribution in [1.82, 2.24) is 9.80 Å². The highest BCUT2D eigenvalue weighted by Crippen LogP contribution is 2.19. The lowest BCUT2D eigenvalue weighted by molar-refractivity contribution is 0.0584. The Morgan fingerprint density at radius 3 is 2.11 bits per heavy atom. The highest BCUT2D eigenvalue weighted by atomic mass is 32.2. The highest BCUT2D eigenvalue weighted by Gasteiger charge is 2.25. The van der Waals surface area contributed by atoms with Gasteiger partial charge in [0.05, 0.1) is 0 Å². The van der Waals surface area contributed by atoms with Crippen LogP contribution in [0.5, 0.6) is 0 Å². The Morgan fingerprint density at radius 2 is 1.67 bits per heavy atom. The summed E-state index contributed by atoms with van der Waals surface area (Å²) in [5.74, 6) is 0. The van der Waals surface area contributed by atoms with Gasteiger partial charge >= 0.3 is 0 Å². The van der Waals surface area contributed by atoms with Crippen LogP contribution in [-0.2, 0) is 0 Å². The summed E-state index contributed by atoms with van der Waals surface area (Å²) in [4.78, 5) is 5.02. The molecular formula is C14H30N2OS. The van der Waals surface area contributed by atoms with Crippen molar-refractivity contribution in [3.8, 4) is 0 Å². The first kappa shape index (κ1) is 16.3. The number of piperazine rings is 1. The molecule has 0 radical (unpaired) electrons. The molecule has 3 nitrogen and oxygen atoms in total. The molecule has 1 fully saturated rings. The maximum atomic E-state index is 9.86. The molecule has 4 heteroatoms. The van der Waals surface area contributed by atoms with E-state index in [2.05, 4.69) is 44.4 Å².